The number of rotatable bonds is 4. The fourth-order valence-corrected chi connectivity index (χ4v) is 3.35. The van der Waals surface area contributed by atoms with Gasteiger partial charge in [0.15, 0.2) is 11.2 Å². The van der Waals surface area contributed by atoms with E-state index in [2.05, 4.69) is 25.3 Å². The third-order valence-electron chi connectivity index (χ3n) is 4.96. The number of hydrogen-bond acceptors (Lipinski definition) is 8. The van der Waals surface area contributed by atoms with Gasteiger partial charge in [0.2, 0.25) is 0 Å². The molecule has 0 unspecified atom stereocenters. The van der Waals surface area contributed by atoms with E-state index in [1.807, 2.05) is 0 Å². The molecule has 1 amide bonds. The second kappa shape index (κ2) is 7.70. The van der Waals surface area contributed by atoms with Crippen LogP contribution in [0.2, 0.25) is 0 Å². The zero-order chi connectivity index (χ0) is 20.5. The molecular formula is C18H20N6O5. The molecule has 0 bridgehead atoms. The Kier molecular flexibility index (Phi) is 5.09. The minimum Gasteiger partial charge on any atom is -0.388 e. The molecule has 1 saturated heterocycles. The van der Waals surface area contributed by atoms with Crippen molar-refractivity contribution in [2.24, 2.45) is 0 Å². The summed E-state index contributed by atoms with van der Waals surface area (Å²) in [5.41, 5.74) is 1.10. The Morgan fingerprint density at radius 3 is 2.97 bits per heavy atom. The average molecular weight is 400 g/mol. The quantitative estimate of drug-likeness (QED) is 0.423. The molecular weight excluding hydrogens is 380 g/mol. The lowest BCUT2D eigenvalue weighted by atomic mass is 9.97. The van der Waals surface area contributed by atoms with Crippen molar-refractivity contribution in [2.75, 3.05) is 6.61 Å². The summed E-state index contributed by atoms with van der Waals surface area (Å²) < 4.78 is 7.26. The van der Waals surface area contributed by atoms with Crippen molar-refractivity contribution in [3.05, 3.63) is 52.6 Å². The number of aliphatic hydroxyl groups excluding tert-OH is 2. The predicted octanol–water partition coefficient (Wildman–Crippen LogP) is -1.26. The summed E-state index contributed by atoms with van der Waals surface area (Å²) in [7, 11) is 0. The van der Waals surface area contributed by atoms with Crippen LogP contribution >= 0.6 is 0 Å². The molecule has 0 radical (unpaired) electrons. The van der Waals surface area contributed by atoms with Gasteiger partial charge in [-0.15, -0.1) is 0 Å². The van der Waals surface area contributed by atoms with Gasteiger partial charge in [-0.05, 0) is 18.6 Å². The van der Waals surface area contributed by atoms with E-state index in [0.29, 0.717) is 11.2 Å². The average Bonchev–Trinajstić information content (AvgIpc) is 3.12. The number of pyridine rings is 1. The summed E-state index contributed by atoms with van der Waals surface area (Å²) in [5, 5.41) is 23.7. The van der Waals surface area contributed by atoms with Gasteiger partial charge >= 0.3 is 0 Å². The molecule has 11 nitrogen and oxygen atoms in total. The van der Waals surface area contributed by atoms with E-state index >= 15 is 0 Å². The molecule has 1 fully saturated rings. The molecule has 11 heteroatoms. The van der Waals surface area contributed by atoms with Crippen LogP contribution in [0.4, 0.5) is 0 Å². The predicted molar refractivity (Wildman–Crippen MR) is 100 cm³/mol. The Balaban J connectivity index is 1.45. The van der Waals surface area contributed by atoms with Crippen molar-refractivity contribution in [3.63, 3.8) is 0 Å². The summed E-state index contributed by atoms with van der Waals surface area (Å²) in [4.78, 5) is 38.8. The van der Waals surface area contributed by atoms with Gasteiger partial charge in [0.25, 0.3) is 11.5 Å². The molecule has 4 rings (SSSR count). The third-order valence-corrected chi connectivity index (χ3v) is 4.96. The highest BCUT2D eigenvalue weighted by Gasteiger charge is 2.39. The Morgan fingerprint density at radius 1 is 1.34 bits per heavy atom. The van der Waals surface area contributed by atoms with Crippen LogP contribution in [-0.2, 0) is 11.3 Å². The number of aliphatic hydroxyl groups is 2. The minimum absolute atomic E-state index is 0.00115. The fourth-order valence-electron chi connectivity index (χ4n) is 3.35. The van der Waals surface area contributed by atoms with E-state index < -0.39 is 30.3 Å². The highest BCUT2D eigenvalue weighted by Crippen LogP contribution is 2.19. The van der Waals surface area contributed by atoms with Crippen molar-refractivity contribution >= 4 is 17.1 Å². The van der Waals surface area contributed by atoms with Gasteiger partial charge in [0.05, 0.1) is 31.8 Å². The molecule has 4 atom stereocenters. The van der Waals surface area contributed by atoms with Crippen LogP contribution in [0.5, 0.6) is 0 Å². The number of hydrogen-bond donors (Lipinski definition) is 4. The van der Waals surface area contributed by atoms with Crippen LogP contribution in [0.25, 0.3) is 11.2 Å². The first kappa shape index (κ1) is 19.2. The smallest absolute Gasteiger partial charge is 0.278 e. The summed E-state index contributed by atoms with van der Waals surface area (Å²) in [6.45, 7) is 1.89. The van der Waals surface area contributed by atoms with Gasteiger partial charge in [-0.25, -0.2) is 9.97 Å². The minimum atomic E-state index is -1.27. The topological polar surface area (TPSA) is 155 Å². The molecule has 0 aliphatic carbocycles. The van der Waals surface area contributed by atoms with Crippen LogP contribution in [-0.4, -0.2) is 71.6 Å². The lowest BCUT2D eigenvalue weighted by Crippen LogP contribution is -2.60. The standard InChI is InChI=1S/C18H20N6O5/c1-9-3-2-4-19-12(9)18(28)23-10-6-29-11(15(26)14(10)25)5-24-8-22-13-16(24)20-7-21-17(13)27/h2-4,7-8,10-11,14-15,25-26H,5-6H2,1H3,(H,23,28)(H,20,21,27)/t10-,11-,14+,15-/m1/s1. The maximum Gasteiger partial charge on any atom is 0.278 e. The summed E-state index contributed by atoms with van der Waals surface area (Å²) in [5.74, 6) is -0.453. The Bertz CT molecular complexity index is 1100. The maximum absolute atomic E-state index is 12.4. The summed E-state index contributed by atoms with van der Waals surface area (Å²) in [6, 6.07) is 2.69. The second-order valence-electron chi connectivity index (χ2n) is 6.90. The zero-order valence-electron chi connectivity index (χ0n) is 15.5. The van der Waals surface area contributed by atoms with Crippen molar-refractivity contribution in [2.45, 2.75) is 37.8 Å². The number of imidazole rings is 1. The first-order valence-corrected chi connectivity index (χ1v) is 9.04. The van der Waals surface area contributed by atoms with E-state index in [4.69, 9.17) is 4.74 Å². The van der Waals surface area contributed by atoms with Gasteiger partial charge in [-0.3, -0.25) is 14.6 Å². The third kappa shape index (κ3) is 3.62. The van der Waals surface area contributed by atoms with Crippen molar-refractivity contribution < 1.29 is 19.7 Å². The molecule has 29 heavy (non-hydrogen) atoms. The van der Waals surface area contributed by atoms with Gasteiger partial charge in [0.1, 0.15) is 24.0 Å². The fraction of sp³-hybridized carbons (Fsp3) is 0.389. The monoisotopic (exact) mass is 400 g/mol. The number of carbonyl (C=O) groups excluding carboxylic acids is 1. The van der Waals surface area contributed by atoms with Gasteiger partial charge in [0, 0.05) is 6.20 Å². The van der Waals surface area contributed by atoms with Crippen LogP contribution in [0, 0.1) is 6.92 Å². The molecule has 4 N–H and O–H groups in total. The number of H-pyrrole nitrogens is 1. The number of nitrogens with one attached hydrogen (secondary N) is 2. The van der Waals surface area contributed by atoms with Gasteiger partial charge in [-0.1, -0.05) is 6.07 Å². The number of aromatic nitrogens is 5. The highest BCUT2D eigenvalue weighted by molar-refractivity contribution is 5.93. The molecule has 152 valence electrons. The Labute approximate surface area is 164 Å². The Morgan fingerprint density at radius 2 is 2.17 bits per heavy atom. The van der Waals surface area contributed by atoms with E-state index in [9.17, 15) is 19.8 Å². The van der Waals surface area contributed by atoms with Crippen LogP contribution in [0.1, 0.15) is 16.1 Å². The number of aryl methyl sites for hydroxylation is 1. The number of fused-ring (bicyclic) bond motifs is 1. The molecule has 1 aliphatic heterocycles. The maximum atomic E-state index is 12.4. The van der Waals surface area contributed by atoms with Crippen molar-refractivity contribution in [3.8, 4) is 0 Å². The van der Waals surface area contributed by atoms with Crippen molar-refractivity contribution in [1.82, 2.24) is 29.8 Å². The van der Waals surface area contributed by atoms with Crippen molar-refractivity contribution in [1.29, 1.82) is 0 Å². The highest BCUT2D eigenvalue weighted by atomic mass is 16.5. The van der Waals surface area contributed by atoms with E-state index in [1.165, 1.54) is 18.9 Å². The molecule has 1 aliphatic rings. The first-order chi connectivity index (χ1) is 14.0. The van der Waals surface area contributed by atoms with Gasteiger partial charge < -0.3 is 29.8 Å². The largest absolute Gasteiger partial charge is 0.388 e. The normalized spacial score (nSPS) is 24.5. The number of aromatic amines is 1. The van der Waals surface area contributed by atoms with E-state index in [-0.39, 0.29) is 29.9 Å². The lowest BCUT2D eigenvalue weighted by Gasteiger charge is -2.38. The number of carbonyl (C=O) groups is 1. The number of ether oxygens (including phenoxy) is 1. The summed E-state index contributed by atoms with van der Waals surface area (Å²) in [6.07, 6.45) is 0.919. The molecule has 0 aromatic carbocycles. The molecule has 0 saturated carbocycles. The van der Waals surface area contributed by atoms with Crippen LogP contribution in [0.3, 0.4) is 0 Å². The second-order valence-corrected chi connectivity index (χ2v) is 6.90. The van der Waals surface area contributed by atoms with Gasteiger partial charge in [-0.2, -0.15) is 0 Å². The number of amides is 1. The molecule has 4 heterocycles. The van der Waals surface area contributed by atoms with Crippen LogP contribution in [0.15, 0.2) is 35.8 Å². The number of nitrogens with zero attached hydrogens (tertiary/aromatic N) is 4. The molecule has 3 aromatic rings. The first-order valence-electron chi connectivity index (χ1n) is 9.04. The van der Waals surface area contributed by atoms with E-state index in [1.54, 1.807) is 23.6 Å². The van der Waals surface area contributed by atoms with E-state index in [0.717, 1.165) is 0 Å². The molecule has 3 aromatic heterocycles. The van der Waals surface area contributed by atoms with Crippen LogP contribution < -0.4 is 10.9 Å². The zero-order valence-corrected chi connectivity index (χ0v) is 15.5. The molecule has 0 spiro atoms. The summed E-state index contributed by atoms with van der Waals surface area (Å²) >= 11 is 0. The lowest BCUT2D eigenvalue weighted by molar-refractivity contribution is -0.152. The Hall–Kier alpha value is -3.15. The SMILES string of the molecule is Cc1cccnc1C(=O)N[C@@H]1CO[C@H](Cn2cnc3c(=O)[nH]cnc32)[C@@H](O)[C@H]1O.